The Labute approximate surface area is 117 Å². The first kappa shape index (κ1) is 12.7. The van der Waals surface area contributed by atoms with Crippen LogP contribution in [0.15, 0.2) is 36.4 Å². The van der Waals surface area contributed by atoms with E-state index in [1.165, 1.54) is 11.1 Å². The van der Waals surface area contributed by atoms with Gasteiger partial charge in [-0.3, -0.25) is 10.3 Å². The number of benzene rings is 1. The number of nitrogens with zero attached hydrogens (tertiary/aromatic N) is 2. The van der Waals surface area contributed by atoms with Crippen molar-refractivity contribution in [3.05, 3.63) is 58.1 Å². The van der Waals surface area contributed by atoms with Crippen molar-refractivity contribution in [2.75, 3.05) is 11.9 Å². The summed E-state index contributed by atoms with van der Waals surface area (Å²) in [5.74, 6) is 0.810. The van der Waals surface area contributed by atoms with E-state index in [1.54, 1.807) is 6.20 Å². The van der Waals surface area contributed by atoms with Gasteiger partial charge in [0.15, 0.2) is 0 Å². The molecule has 1 aromatic carbocycles. The van der Waals surface area contributed by atoms with Crippen LogP contribution in [-0.2, 0) is 6.54 Å². The van der Waals surface area contributed by atoms with Gasteiger partial charge >= 0.3 is 0 Å². The van der Waals surface area contributed by atoms with Gasteiger partial charge in [-0.25, -0.2) is 4.98 Å². The van der Waals surface area contributed by atoms with Gasteiger partial charge in [0.1, 0.15) is 5.82 Å². The quantitative estimate of drug-likeness (QED) is 0.878. The number of pyridine rings is 1. The second kappa shape index (κ2) is 5.35. The molecule has 0 saturated carbocycles. The predicted molar refractivity (Wildman–Crippen MR) is 79.4 cm³/mol. The van der Waals surface area contributed by atoms with E-state index in [0.717, 1.165) is 28.0 Å². The number of anilines is 1. The maximum atomic E-state index is 9.47. The molecule has 0 saturated heterocycles. The van der Waals surface area contributed by atoms with Crippen molar-refractivity contribution in [3.8, 4) is 0 Å². The number of rotatable bonds is 3. The zero-order chi connectivity index (χ0) is 13.9. The Balaban J connectivity index is 1.77. The summed E-state index contributed by atoms with van der Waals surface area (Å²) in [4.78, 5) is 4.50. The van der Waals surface area contributed by atoms with Gasteiger partial charge in [0, 0.05) is 6.54 Å². The van der Waals surface area contributed by atoms with Crippen LogP contribution < -0.4 is 15.9 Å². The summed E-state index contributed by atoms with van der Waals surface area (Å²) in [7, 11) is 0. The van der Waals surface area contributed by atoms with Crippen LogP contribution in [-0.4, -0.2) is 21.8 Å². The van der Waals surface area contributed by atoms with Crippen LogP contribution in [0.5, 0.6) is 0 Å². The molecule has 1 aromatic heterocycles. The monoisotopic (exact) mass is 267 g/mol. The molecule has 2 N–H and O–H groups in total. The van der Waals surface area contributed by atoms with Crippen molar-refractivity contribution < 1.29 is 5.21 Å². The average Bonchev–Trinajstić information content (AvgIpc) is 2.46. The second-order valence-electron chi connectivity index (χ2n) is 4.97. The van der Waals surface area contributed by atoms with Gasteiger partial charge in [-0.2, -0.15) is 0 Å². The molecular weight excluding hydrogens is 250 g/mol. The zero-order valence-corrected chi connectivity index (χ0v) is 11.4. The third-order valence-corrected chi connectivity index (χ3v) is 3.32. The van der Waals surface area contributed by atoms with Crippen molar-refractivity contribution in [1.82, 2.24) is 10.0 Å². The van der Waals surface area contributed by atoms with E-state index >= 15 is 0 Å². The van der Waals surface area contributed by atoms with Gasteiger partial charge in [0.2, 0.25) is 0 Å². The Bertz CT molecular complexity index is 722. The molecule has 1 aliphatic heterocycles. The van der Waals surface area contributed by atoms with Crippen LogP contribution in [0, 0.1) is 6.92 Å². The topological polar surface area (TPSA) is 48.4 Å². The Morgan fingerprint density at radius 3 is 2.80 bits per heavy atom. The maximum absolute atomic E-state index is 9.47. The first-order valence-electron chi connectivity index (χ1n) is 6.65. The number of hydrogen-bond acceptors (Lipinski definition) is 4. The van der Waals surface area contributed by atoms with E-state index in [9.17, 15) is 5.21 Å². The summed E-state index contributed by atoms with van der Waals surface area (Å²) in [6.45, 7) is 3.32. The average molecular weight is 267 g/mol. The fourth-order valence-electron chi connectivity index (χ4n) is 2.14. The highest BCUT2D eigenvalue weighted by Crippen LogP contribution is 2.06. The highest BCUT2D eigenvalue weighted by atomic mass is 16.5. The first-order valence-corrected chi connectivity index (χ1v) is 6.65. The van der Waals surface area contributed by atoms with E-state index in [2.05, 4.69) is 41.5 Å². The largest absolute Gasteiger partial charge is 0.366 e. The van der Waals surface area contributed by atoms with E-state index in [0.29, 0.717) is 6.54 Å². The van der Waals surface area contributed by atoms with Crippen molar-refractivity contribution in [3.63, 3.8) is 0 Å². The molecule has 0 amide bonds. The van der Waals surface area contributed by atoms with Gasteiger partial charge in [0.25, 0.3) is 0 Å². The van der Waals surface area contributed by atoms with Gasteiger partial charge in [0.05, 0.1) is 18.1 Å². The minimum atomic E-state index is 0.505. The van der Waals surface area contributed by atoms with E-state index in [-0.39, 0.29) is 0 Å². The molecule has 0 aliphatic carbocycles. The van der Waals surface area contributed by atoms with Crippen LogP contribution >= 0.6 is 0 Å². The van der Waals surface area contributed by atoms with Crippen LogP contribution in [0.2, 0.25) is 0 Å². The minimum Gasteiger partial charge on any atom is -0.366 e. The molecule has 0 unspecified atom stereocenters. The maximum Gasteiger partial charge on any atom is 0.126 e. The number of fused-ring (bicyclic) bond motifs is 1. The summed E-state index contributed by atoms with van der Waals surface area (Å²) < 4.78 is 0. The molecule has 1 aliphatic rings. The van der Waals surface area contributed by atoms with Crippen LogP contribution in [0.4, 0.5) is 5.82 Å². The normalized spacial score (nSPS) is 13.2. The molecule has 0 radical (unpaired) electrons. The fourth-order valence-corrected chi connectivity index (χ4v) is 2.14. The third kappa shape index (κ3) is 2.81. The van der Waals surface area contributed by atoms with E-state index in [4.69, 9.17) is 0 Å². The van der Waals surface area contributed by atoms with Gasteiger partial charge in [-0.15, -0.1) is 0 Å². The first-order chi connectivity index (χ1) is 9.70. The molecular formula is C16H17N3O. The highest BCUT2D eigenvalue weighted by molar-refractivity contribution is 5.42. The molecule has 0 atom stereocenters. The Kier molecular flexibility index (Phi) is 3.39. The van der Waals surface area contributed by atoms with Gasteiger partial charge in [-0.05, 0) is 29.8 Å². The number of aromatic nitrogens is 1. The molecule has 0 fully saturated rings. The van der Waals surface area contributed by atoms with Crippen molar-refractivity contribution >= 4 is 18.1 Å². The van der Waals surface area contributed by atoms with Crippen molar-refractivity contribution in [2.24, 2.45) is 0 Å². The van der Waals surface area contributed by atoms with Crippen LogP contribution in [0.1, 0.15) is 11.1 Å². The number of aryl methyl sites for hydroxylation is 1. The minimum absolute atomic E-state index is 0.505. The number of hydroxylamine groups is 2. The lowest BCUT2D eigenvalue weighted by atomic mass is 10.1. The van der Waals surface area contributed by atoms with Crippen molar-refractivity contribution in [2.45, 2.75) is 13.5 Å². The molecule has 3 rings (SSSR count). The summed E-state index contributed by atoms with van der Waals surface area (Å²) in [6, 6.07) is 12.4. The fraction of sp³-hybridized carbons (Fsp3) is 0.188. The Hall–Kier alpha value is -2.33. The van der Waals surface area contributed by atoms with Crippen LogP contribution in [0.25, 0.3) is 12.3 Å². The van der Waals surface area contributed by atoms with Gasteiger partial charge < -0.3 is 5.32 Å². The summed E-state index contributed by atoms with van der Waals surface area (Å²) >= 11 is 0. The SMILES string of the molecule is Cc1ccc(CNc2ccc3c(n2)=CN(O)CC=3)cc1. The second-order valence-corrected chi connectivity index (χ2v) is 4.97. The molecule has 2 aromatic rings. The standard InChI is InChI=1S/C16H17N3O/c1-12-2-4-13(5-3-12)10-17-16-7-6-14-8-9-19(20)11-15(14)18-16/h2-8,11,20H,9-10H2,1H3,(H,17,18). The highest BCUT2D eigenvalue weighted by Gasteiger charge is 2.01. The lowest BCUT2D eigenvalue weighted by molar-refractivity contribution is -0.00647. The van der Waals surface area contributed by atoms with E-state index < -0.39 is 0 Å². The Morgan fingerprint density at radius 2 is 2.00 bits per heavy atom. The Morgan fingerprint density at radius 1 is 1.20 bits per heavy atom. The molecule has 2 heterocycles. The zero-order valence-electron chi connectivity index (χ0n) is 11.4. The summed E-state index contributed by atoms with van der Waals surface area (Å²) in [5.41, 5.74) is 2.48. The molecule has 0 bridgehead atoms. The molecule has 20 heavy (non-hydrogen) atoms. The van der Waals surface area contributed by atoms with Crippen LogP contribution in [0.3, 0.4) is 0 Å². The predicted octanol–water partition coefficient (Wildman–Crippen LogP) is 1.23. The lowest BCUT2D eigenvalue weighted by Crippen LogP contribution is -2.36. The molecule has 4 nitrogen and oxygen atoms in total. The molecule has 0 spiro atoms. The molecule has 4 heteroatoms. The third-order valence-electron chi connectivity index (χ3n) is 3.32. The summed E-state index contributed by atoms with van der Waals surface area (Å²) in [5, 5.41) is 15.7. The number of nitrogens with one attached hydrogen (secondary N) is 1. The molecule has 102 valence electrons. The smallest absolute Gasteiger partial charge is 0.126 e. The van der Waals surface area contributed by atoms with Gasteiger partial charge in [-0.1, -0.05) is 35.9 Å². The van der Waals surface area contributed by atoms with E-state index in [1.807, 2.05) is 18.2 Å². The summed E-state index contributed by atoms with van der Waals surface area (Å²) in [6.07, 6.45) is 3.60. The number of hydrogen-bond donors (Lipinski definition) is 2. The van der Waals surface area contributed by atoms with Crippen molar-refractivity contribution in [1.29, 1.82) is 0 Å². The lowest BCUT2D eigenvalue weighted by Gasteiger charge is -2.13.